The van der Waals surface area contributed by atoms with E-state index in [1.807, 2.05) is 30.1 Å². The number of nitrogens with one attached hydrogen (secondary N) is 1. The van der Waals surface area contributed by atoms with Crippen molar-refractivity contribution in [3.63, 3.8) is 0 Å². The summed E-state index contributed by atoms with van der Waals surface area (Å²) in [4.78, 5) is 16.5. The van der Waals surface area contributed by atoms with Gasteiger partial charge in [-0.2, -0.15) is 0 Å². The minimum atomic E-state index is 0.172. The second-order valence-electron chi connectivity index (χ2n) is 5.82. The highest BCUT2D eigenvalue weighted by molar-refractivity contribution is 5.96. The molecule has 1 fully saturated rings. The maximum Gasteiger partial charge on any atom is 0.241 e. The summed E-state index contributed by atoms with van der Waals surface area (Å²) in [6, 6.07) is 8.17. The molecule has 114 valence electrons. The van der Waals surface area contributed by atoms with E-state index in [2.05, 4.69) is 16.3 Å². The molecule has 0 spiro atoms. The van der Waals surface area contributed by atoms with E-state index in [4.69, 9.17) is 4.74 Å². The molecule has 2 aliphatic rings. The van der Waals surface area contributed by atoms with Crippen LogP contribution in [0.4, 0.5) is 5.69 Å². The van der Waals surface area contributed by atoms with Gasteiger partial charge in [-0.3, -0.25) is 9.69 Å². The molecule has 0 aromatic heterocycles. The Hall–Kier alpha value is -1.43. The zero-order chi connectivity index (χ0) is 14.7. The van der Waals surface area contributed by atoms with Crippen LogP contribution in [0.1, 0.15) is 5.56 Å². The predicted molar refractivity (Wildman–Crippen MR) is 82.6 cm³/mol. The standard InChI is InChI=1S/C16H23N3O2/c1-18(11-14-10-17-7-9-21-14)12-16(20)19-8-6-13-4-2-3-5-15(13)19/h2-5,14,17H,6-12H2,1H3. The molecule has 0 radical (unpaired) electrons. The molecule has 3 rings (SSSR count). The molecule has 5 heteroatoms. The molecule has 1 N–H and O–H groups in total. The molecule has 1 aromatic rings. The minimum Gasteiger partial charge on any atom is -0.374 e. The number of hydrogen-bond acceptors (Lipinski definition) is 4. The van der Waals surface area contributed by atoms with Crippen molar-refractivity contribution in [2.75, 3.05) is 51.3 Å². The van der Waals surface area contributed by atoms with Crippen molar-refractivity contribution in [2.45, 2.75) is 12.5 Å². The Bertz CT molecular complexity index is 500. The Balaban J connectivity index is 1.54. The number of morpholine rings is 1. The molecule has 0 saturated carbocycles. The zero-order valence-corrected chi connectivity index (χ0v) is 12.5. The Labute approximate surface area is 125 Å². The third-order valence-corrected chi connectivity index (χ3v) is 4.11. The van der Waals surface area contributed by atoms with E-state index in [1.165, 1.54) is 5.56 Å². The third-order valence-electron chi connectivity index (χ3n) is 4.11. The van der Waals surface area contributed by atoms with Crippen molar-refractivity contribution < 1.29 is 9.53 Å². The number of carbonyl (C=O) groups excluding carboxylic acids is 1. The van der Waals surface area contributed by atoms with Gasteiger partial charge in [0.25, 0.3) is 0 Å². The molecule has 5 nitrogen and oxygen atoms in total. The van der Waals surface area contributed by atoms with Gasteiger partial charge in [0.2, 0.25) is 5.91 Å². The quantitative estimate of drug-likeness (QED) is 0.876. The van der Waals surface area contributed by atoms with Crippen LogP contribution in [0.5, 0.6) is 0 Å². The third kappa shape index (κ3) is 3.43. The summed E-state index contributed by atoms with van der Waals surface area (Å²) in [7, 11) is 1.98. The number of likely N-dealkylation sites (N-methyl/N-ethyl adjacent to an activating group) is 1. The van der Waals surface area contributed by atoms with Crippen LogP contribution in [0.15, 0.2) is 24.3 Å². The fourth-order valence-electron chi connectivity index (χ4n) is 3.06. The molecule has 21 heavy (non-hydrogen) atoms. The van der Waals surface area contributed by atoms with E-state index in [1.54, 1.807) is 0 Å². The first-order chi connectivity index (χ1) is 10.2. The highest BCUT2D eigenvalue weighted by Gasteiger charge is 2.25. The van der Waals surface area contributed by atoms with Gasteiger partial charge in [0.1, 0.15) is 0 Å². The number of para-hydroxylation sites is 1. The van der Waals surface area contributed by atoms with E-state index in [0.717, 1.165) is 44.9 Å². The topological polar surface area (TPSA) is 44.8 Å². The first kappa shape index (κ1) is 14.5. The number of amides is 1. The van der Waals surface area contributed by atoms with E-state index >= 15 is 0 Å². The second kappa shape index (κ2) is 6.56. The van der Waals surface area contributed by atoms with Crippen LogP contribution in [0.2, 0.25) is 0 Å². The molecule has 1 amide bonds. The summed E-state index contributed by atoms with van der Waals surface area (Å²) in [6.07, 6.45) is 1.14. The number of fused-ring (bicyclic) bond motifs is 1. The summed E-state index contributed by atoms with van der Waals surface area (Å²) in [5, 5.41) is 3.31. The van der Waals surface area contributed by atoms with Gasteiger partial charge in [-0.1, -0.05) is 18.2 Å². The van der Waals surface area contributed by atoms with Crippen LogP contribution in [-0.2, 0) is 16.0 Å². The van der Waals surface area contributed by atoms with Crippen molar-refractivity contribution >= 4 is 11.6 Å². The Kier molecular flexibility index (Phi) is 4.53. The van der Waals surface area contributed by atoms with Gasteiger partial charge < -0.3 is 15.0 Å². The van der Waals surface area contributed by atoms with Crippen molar-refractivity contribution in [3.8, 4) is 0 Å². The number of benzene rings is 1. The first-order valence-corrected chi connectivity index (χ1v) is 7.63. The average molecular weight is 289 g/mol. The molecule has 0 aliphatic carbocycles. The van der Waals surface area contributed by atoms with Crippen LogP contribution in [0.3, 0.4) is 0 Å². The zero-order valence-electron chi connectivity index (χ0n) is 12.5. The minimum absolute atomic E-state index is 0.172. The van der Waals surface area contributed by atoms with Gasteiger partial charge in [-0.15, -0.1) is 0 Å². The summed E-state index contributed by atoms with van der Waals surface area (Å²) in [5.74, 6) is 0.172. The monoisotopic (exact) mass is 289 g/mol. The molecule has 2 aliphatic heterocycles. The number of ether oxygens (including phenoxy) is 1. The van der Waals surface area contributed by atoms with Gasteiger partial charge >= 0.3 is 0 Å². The smallest absolute Gasteiger partial charge is 0.241 e. The van der Waals surface area contributed by atoms with Crippen LogP contribution in [0.25, 0.3) is 0 Å². The van der Waals surface area contributed by atoms with Gasteiger partial charge in [0.05, 0.1) is 19.3 Å². The lowest BCUT2D eigenvalue weighted by Crippen LogP contribution is -2.46. The fraction of sp³-hybridized carbons (Fsp3) is 0.562. The Morgan fingerprint density at radius 2 is 2.33 bits per heavy atom. The summed E-state index contributed by atoms with van der Waals surface area (Å²) in [6.45, 7) is 4.57. The molecular formula is C16H23N3O2. The first-order valence-electron chi connectivity index (χ1n) is 7.63. The average Bonchev–Trinajstić information content (AvgIpc) is 2.92. The lowest BCUT2D eigenvalue weighted by molar-refractivity contribution is -0.119. The van der Waals surface area contributed by atoms with Gasteiger partial charge in [0.15, 0.2) is 0 Å². The molecule has 1 unspecified atom stereocenters. The maximum absolute atomic E-state index is 12.5. The number of hydrogen-bond donors (Lipinski definition) is 1. The highest BCUT2D eigenvalue weighted by Crippen LogP contribution is 2.27. The largest absolute Gasteiger partial charge is 0.374 e. The molecular weight excluding hydrogens is 266 g/mol. The van der Waals surface area contributed by atoms with Crippen molar-refractivity contribution in [3.05, 3.63) is 29.8 Å². The maximum atomic E-state index is 12.5. The van der Waals surface area contributed by atoms with E-state index in [0.29, 0.717) is 6.54 Å². The number of anilines is 1. The molecule has 1 saturated heterocycles. The van der Waals surface area contributed by atoms with Crippen LogP contribution in [0, 0.1) is 0 Å². The normalized spacial score (nSPS) is 21.6. The summed E-state index contributed by atoms with van der Waals surface area (Å²) < 4.78 is 5.68. The molecule has 1 atom stereocenters. The molecule has 0 bridgehead atoms. The number of rotatable bonds is 4. The lowest BCUT2D eigenvalue weighted by Gasteiger charge is -2.28. The van der Waals surface area contributed by atoms with Crippen LogP contribution >= 0.6 is 0 Å². The van der Waals surface area contributed by atoms with E-state index in [9.17, 15) is 4.79 Å². The molecule has 1 aromatic carbocycles. The lowest BCUT2D eigenvalue weighted by atomic mass is 10.2. The predicted octanol–water partition coefficient (Wildman–Crippen LogP) is 0.496. The Morgan fingerprint density at radius 3 is 3.14 bits per heavy atom. The van der Waals surface area contributed by atoms with E-state index < -0.39 is 0 Å². The second-order valence-corrected chi connectivity index (χ2v) is 5.82. The Morgan fingerprint density at radius 1 is 1.48 bits per heavy atom. The summed E-state index contributed by atoms with van der Waals surface area (Å²) >= 11 is 0. The van der Waals surface area contributed by atoms with Crippen LogP contribution in [-0.4, -0.2) is 63.3 Å². The van der Waals surface area contributed by atoms with E-state index in [-0.39, 0.29) is 12.0 Å². The van der Waals surface area contributed by atoms with Gasteiger partial charge in [0, 0.05) is 31.9 Å². The summed E-state index contributed by atoms with van der Waals surface area (Å²) in [5.41, 5.74) is 2.35. The van der Waals surface area contributed by atoms with Crippen molar-refractivity contribution in [1.29, 1.82) is 0 Å². The van der Waals surface area contributed by atoms with Gasteiger partial charge in [-0.05, 0) is 25.1 Å². The molecule has 2 heterocycles. The highest BCUT2D eigenvalue weighted by atomic mass is 16.5. The number of carbonyl (C=O) groups is 1. The fourth-order valence-corrected chi connectivity index (χ4v) is 3.06. The van der Waals surface area contributed by atoms with Crippen molar-refractivity contribution in [2.24, 2.45) is 0 Å². The van der Waals surface area contributed by atoms with Crippen LogP contribution < -0.4 is 10.2 Å². The van der Waals surface area contributed by atoms with Crippen molar-refractivity contribution in [1.82, 2.24) is 10.2 Å². The van der Waals surface area contributed by atoms with Gasteiger partial charge in [-0.25, -0.2) is 0 Å². The SMILES string of the molecule is CN(CC(=O)N1CCc2ccccc21)CC1CNCCO1. The number of nitrogens with zero attached hydrogens (tertiary/aromatic N) is 2.